The van der Waals surface area contributed by atoms with E-state index in [0.29, 0.717) is 24.3 Å². The molecule has 1 heterocycles. The van der Waals surface area contributed by atoms with Crippen LogP contribution < -0.4 is 26.3 Å². The fourth-order valence-corrected chi connectivity index (χ4v) is 8.06. The number of nitrogens with zero attached hydrogens (tertiary/aromatic N) is 4. The molecular formula is C37H54N7O9S+. The van der Waals surface area contributed by atoms with Gasteiger partial charge in [0.1, 0.15) is 16.6 Å². The van der Waals surface area contributed by atoms with E-state index in [4.69, 9.17) is 21.2 Å². The number of nitrogens with two attached hydrogens (primary N) is 2. The maximum Gasteiger partial charge on any atom is 0.307 e. The number of likely N-dealkylation sites (tertiary alicyclic amines) is 1. The number of hydrogen-bond donors (Lipinski definition) is 3. The van der Waals surface area contributed by atoms with Gasteiger partial charge in [-0.25, -0.2) is 8.42 Å². The lowest BCUT2D eigenvalue weighted by atomic mass is 9.90. The number of hydrazine groups is 2. The highest BCUT2D eigenvalue weighted by Crippen LogP contribution is 2.57. The third kappa shape index (κ3) is 10.7. The van der Waals surface area contributed by atoms with E-state index >= 15 is 0 Å². The predicted octanol–water partition coefficient (Wildman–Crippen LogP) is 3.02. The molecule has 3 fully saturated rings. The molecule has 0 spiro atoms. The van der Waals surface area contributed by atoms with Crippen LogP contribution in [-0.2, 0) is 38.7 Å². The largest absolute Gasteiger partial charge is 0.497 e. The highest BCUT2D eigenvalue weighted by atomic mass is 32.2. The summed E-state index contributed by atoms with van der Waals surface area (Å²) in [5, 5.41) is 4.64. The molecule has 1 aromatic rings. The Hall–Kier alpha value is -4.64. The molecule has 2 saturated carbocycles. The third-order valence-electron chi connectivity index (χ3n) is 9.77. The van der Waals surface area contributed by atoms with E-state index in [0.717, 1.165) is 15.5 Å². The van der Waals surface area contributed by atoms with E-state index in [-0.39, 0.29) is 50.9 Å². The van der Waals surface area contributed by atoms with Crippen LogP contribution in [0.3, 0.4) is 0 Å². The first kappa shape index (κ1) is 42.1. The standard InChI is InChI=1S/C37H53N7O9S/c1-8-25-20-37(25,35(49)40-54(50,51)30-15-16-30)21-32(46)31-19-27(44(39)41-43(38)26-10-13-29(52-7)14-11-26)22-42(31)34(48)24(9-12-28(45)17-23(2)3)18-33(47)53-36(4,5)6/h8,10-11,13-14,17,24-25,27,30-31H,1,9,12,15-16,18-22H2,2-7H3,(H4-,38,39,40,41,49)/p+1/t24-,25-,27-,31+,37-/m1/s1. The summed E-state index contributed by atoms with van der Waals surface area (Å²) in [6.45, 7) is 12.3. The molecule has 0 unspecified atom stereocenters. The van der Waals surface area contributed by atoms with Gasteiger partial charge in [0.2, 0.25) is 21.8 Å². The number of sulfonamides is 1. The summed E-state index contributed by atoms with van der Waals surface area (Å²) in [6.07, 6.45) is 3.29. The Morgan fingerprint density at radius 3 is 2.35 bits per heavy atom. The van der Waals surface area contributed by atoms with Crippen LogP contribution in [-0.4, -0.2) is 84.1 Å². The van der Waals surface area contributed by atoms with E-state index < -0.39 is 73.8 Å². The van der Waals surface area contributed by atoms with Crippen molar-refractivity contribution < 1.29 is 46.7 Å². The molecule has 2 amide bonds. The minimum Gasteiger partial charge on any atom is -0.497 e. The van der Waals surface area contributed by atoms with Crippen molar-refractivity contribution in [2.75, 3.05) is 18.8 Å². The van der Waals surface area contributed by atoms with Gasteiger partial charge in [-0.3, -0.25) is 34.5 Å². The van der Waals surface area contributed by atoms with Crippen molar-refractivity contribution in [1.29, 1.82) is 0 Å². The maximum atomic E-state index is 14.5. The number of methoxy groups -OCH3 is 1. The number of ether oxygens (including phenoxy) is 2. The highest BCUT2D eigenvalue weighted by Gasteiger charge is 2.61. The number of ketones is 2. The van der Waals surface area contributed by atoms with E-state index in [2.05, 4.69) is 16.5 Å². The summed E-state index contributed by atoms with van der Waals surface area (Å²) in [5.41, 5.74) is -0.969. The summed E-state index contributed by atoms with van der Waals surface area (Å²) in [5.74, 6) is 8.95. The first-order valence-corrected chi connectivity index (χ1v) is 19.6. The van der Waals surface area contributed by atoms with Crippen LogP contribution in [0, 0.1) is 17.3 Å². The molecule has 5 N–H and O–H groups in total. The van der Waals surface area contributed by atoms with E-state index in [1.54, 1.807) is 58.9 Å². The van der Waals surface area contributed by atoms with Crippen molar-refractivity contribution in [2.24, 2.45) is 34.2 Å². The number of Topliss-reactive ketones (excluding diaryl/α,β-unsaturated/α-hetero) is 1. The van der Waals surface area contributed by atoms with Crippen molar-refractivity contribution in [3.63, 3.8) is 0 Å². The number of rotatable bonds is 18. The van der Waals surface area contributed by atoms with Crippen LogP contribution >= 0.6 is 0 Å². The summed E-state index contributed by atoms with van der Waals surface area (Å²) in [7, 11) is -2.38. The molecule has 3 aliphatic rings. The van der Waals surface area contributed by atoms with Gasteiger partial charge in [-0.15, -0.1) is 12.4 Å². The lowest BCUT2D eigenvalue weighted by molar-refractivity contribution is -0.638. The zero-order chi connectivity index (χ0) is 40.2. The molecule has 0 radical (unpaired) electrons. The zero-order valence-electron chi connectivity index (χ0n) is 31.9. The third-order valence-corrected chi connectivity index (χ3v) is 11.6. The molecule has 1 aromatic carbocycles. The topological polar surface area (TPSA) is 224 Å². The van der Waals surface area contributed by atoms with Gasteiger partial charge in [0.15, 0.2) is 23.3 Å². The second kappa shape index (κ2) is 16.8. The van der Waals surface area contributed by atoms with Gasteiger partial charge < -0.3 is 14.4 Å². The lowest BCUT2D eigenvalue weighted by Gasteiger charge is -2.29. The Morgan fingerprint density at radius 2 is 1.81 bits per heavy atom. The van der Waals surface area contributed by atoms with Crippen molar-refractivity contribution in [2.45, 2.75) is 109 Å². The molecule has 0 bridgehead atoms. The summed E-state index contributed by atoms with van der Waals surface area (Å²) < 4.78 is 38.3. The molecule has 17 heteroatoms. The van der Waals surface area contributed by atoms with Crippen LogP contribution in [0.4, 0.5) is 5.69 Å². The number of carbonyl (C=O) groups excluding carboxylic acids is 5. The smallest absolute Gasteiger partial charge is 0.307 e. The molecule has 1 aliphatic heterocycles. The molecule has 0 aromatic heterocycles. The fourth-order valence-electron chi connectivity index (χ4n) is 6.68. The summed E-state index contributed by atoms with van der Waals surface area (Å²) in [4.78, 5) is 70.5. The number of allylic oxidation sites excluding steroid dienone is 3. The van der Waals surface area contributed by atoms with Crippen molar-refractivity contribution in [1.82, 2.24) is 9.62 Å². The normalized spacial score (nSPS) is 23.1. The predicted molar refractivity (Wildman–Crippen MR) is 199 cm³/mol. The Morgan fingerprint density at radius 1 is 1.17 bits per heavy atom. The first-order chi connectivity index (χ1) is 25.2. The fraction of sp³-hybridized carbons (Fsp3) is 0.595. The van der Waals surface area contributed by atoms with Gasteiger partial charge in [-0.2, -0.15) is 0 Å². The number of benzene rings is 1. The second-order valence-corrected chi connectivity index (χ2v) is 17.6. The highest BCUT2D eigenvalue weighted by molar-refractivity contribution is 7.90. The molecule has 4 rings (SSSR count). The Kier molecular flexibility index (Phi) is 13.1. The maximum absolute atomic E-state index is 14.5. The van der Waals surface area contributed by atoms with Gasteiger partial charge in [0, 0.05) is 25.2 Å². The van der Waals surface area contributed by atoms with Gasteiger partial charge in [-0.05, 0) is 96.6 Å². The molecule has 296 valence electrons. The van der Waals surface area contributed by atoms with Crippen molar-refractivity contribution in [3.8, 4) is 5.75 Å². The number of esters is 1. The SMILES string of the molecule is C=C[C@@H]1C[C@]1(CC(=O)[C@@H]1C[C@@H]([N+](N)=NN(N)c2ccc(OC)cc2)CN1C(=O)[C@H](CCC(=O)C=C(C)C)CC(=O)OC(C)(C)C)C(=O)NS(=O)(=O)C1CC1. The van der Waals surface area contributed by atoms with E-state index in [9.17, 15) is 32.4 Å². The van der Waals surface area contributed by atoms with Crippen molar-refractivity contribution in [3.05, 3.63) is 48.6 Å². The summed E-state index contributed by atoms with van der Waals surface area (Å²) in [6, 6.07) is 4.78. The van der Waals surface area contributed by atoms with Crippen molar-refractivity contribution >= 4 is 45.1 Å². The van der Waals surface area contributed by atoms with Crippen LogP contribution in [0.5, 0.6) is 5.75 Å². The van der Waals surface area contributed by atoms with Crippen LogP contribution in [0.25, 0.3) is 0 Å². The number of anilines is 1. The van der Waals surface area contributed by atoms with Gasteiger partial charge >= 0.3 is 5.97 Å². The van der Waals surface area contributed by atoms with Crippen LogP contribution in [0.1, 0.15) is 86.0 Å². The van der Waals surface area contributed by atoms with Gasteiger partial charge in [0.25, 0.3) is 0 Å². The first-order valence-electron chi connectivity index (χ1n) is 18.1. The average molecular weight is 773 g/mol. The lowest BCUT2D eigenvalue weighted by Crippen LogP contribution is -2.47. The molecule has 5 atom stereocenters. The number of amides is 2. The minimum absolute atomic E-state index is 0.00254. The average Bonchev–Trinajstić information content (AvgIpc) is 4.01. The molecule has 54 heavy (non-hydrogen) atoms. The van der Waals surface area contributed by atoms with E-state index in [1.165, 1.54) is 24.2 Å². The number of carbonyl (C=O) groups is 5. The molecular weight excluding hydrogens is 719 g/mol. The Balaban J connectivity index is 1.65. The monoisotopic (exact) mass is 772 g/mol. The van der Waals surface area contributed by atoms with E-state index in [1.807, 2.05) is 0 Å². The number of hydrogen-bond acceptors (Lipinski definition) is 11. The van der Waals surface area contributed by atoms with Crippen LogP contribution in [0.2, 0.25) is 0 Å². The molecule has 2 aliphatic carbocycles. The number of nitrogens with one attached hydrogen (secondary N) is 1. The minimum atomic E-state index is -3.90. The molecule has 16 nitrogen and oxygen atoms in total. The zero-order valence-corrected chi connectivity index (χ0v) is 32.8. The Labute approximate surface area is 316 Å². The quantitative estimate of drug-likeness (QED) is 0.0373. The second-order valence-electron chi connectivity index (χ2n) is 15.6. The van der Waals surface area contributed by atoms with Crippen LogP contribution in [0.15, 0.2) is 53.8 Å². The van der Waals surface area contributed by atoms with Gasteiger partial charge in [0.05, 0.1) is 36.8 Å². The van der Waals surface area contributed by atoms with Gasteiger partial charge in [-0.1, -0.05) is 21.6 Å². The Bertz CT molecular complexity index is 1800. The summed E-state index contributed by atoms with van der Waals surface area (Å²) >= 11 is 0. The molecule has 1 saturated heterocycles.